The third kappa shape index (κ3) is 14.1. The Morgan fingerprint density at radius 2 is 1.53 bits per heavy atom. The van der Waals surface area contributed by atoms with Gasteiger partial charge in [0, 0.05) is 27.8 Å². The molecule has 1 aliphatic rings. The fourth-order valence-corrected chi connectivity index (χ4v) is 8.90. The molecule has 1 aliphatic heterocycles. The van der Waals surface area contributed by atoms with Crippen LogP contribution in [0.2, 0.25) is 13.1 Å². The molecule has 14 heteroatoms. The van der Waals surface area contributed by atoms with Gasteiger partial charge in [-0.3, -0.25) is 24.1 Å². The minimum absolute atomic E-state index is 0.0216. The van der Waals surface area contributed by atoms with E-state index < -0.39 is 56.7 Å². The van der Waals surface area contributed by atoms with Crippen molar-refractivity contribution in [3.05, 3.63) is 35.9 Å². The molecular weight excluding hydrogens is 743 g/mol. The predicted octanol–water partition coefficient (Wildman–Crippen LogP) is 4.63. The largest absolute Gasteiger partial charge is 0.430 e. The van der Waals surface area contributed by atoms with Gasteiger partial charge in [-0.2, -0.15) is 0 Å². The van der Waals surface area contributed by atoms with Crippen molar-refractivity contribution in [1.29, 1.82) is 0 Å². The van der Waals surface area contributed by atoms with Crippen molar-refractivity contribution in [2.75, 3.05) is 48.1 Å². The summed E-state index contributed by atoms with van der Waals surface area (Å²) >= 11 is 0. The molecule has 4 amide bonds. The number of ether oxygens (including phenoxy) is 3. The smallest absolute Gasteiger partial charge is 0.245 e. The molecule has 0 radical (unpaired) electrons. The Bertz CT molecular complexity index is 1400. The molecular formula is C43H77N5O8Si. The average Bonchev–Trinajstić information content (AvgIpc) is 3.62. The van der Waals surface area contributed by atoms with Crippen molar-refractivity contribution in [3.63, 3.8) is 0 Å². The van der Waals surface area contributed by atoms with Gasteiger partial charge in [-0.15, -0.1) is 0 Å². The van der Waals surface area contributed by atoms with E-state index in [4.69, 9.17) is 14.2 Å². The topological polar surface area (TPSA) is 150 Å². The van der Waals surface area contributed by atoms with Crippen LogP contribution in [0.3, 0.4) is 0 Å². The molecule has 0 unspecified atom stereocenters. The monoisotopic (exact) mass is 820 g/mol. The van der Waals surface area contributed by atoms with Gasteiger partial charge < -0.3 is 39.4 Å². The zero-order valence-electron chi connectivity index (χ0n) is 37.7. The van der Waals surface area contributed by atoms with Crippen LogP contribution in [0, 0.1) is 23.7 Å². The van der Waals surface area contributed by atoms with E-state index in [1.54, 1.807) is 26.2 Å². The molecule has 1 aromatic carbocycles. The number of methoxy groups -OCH3 is 2. The number of nitrogens with one attached hydrogen (secondary N) is 2. The van der Waals surface area contributed by atoms with Gasteiger partial charge in [-0.25, -0.2) is 0 Å². The maximum Gasteiger partial charge on any atom is 0.245 e. The molecule has 0 aromatic heterocycles. The minimum Gasteiger partial charge on any atom is -0.430 e. The Labute approximate surface area is 345 Å². The van der Waals surface area contributed by atoms with Crippen molar-refractivity contribution in [2.45, 2.75) is 143 Å². The predicted molar refractivity (Wildman–Crippen MR) is 228 cm³/mol. The van der Waals surface area contributed by atoms with Gasteiger partial charge in [-0.1, -0.05) is 85.2 Å². The molecule has 1 aromatic rings. The quantitative estimate of drug-likeness (QED) is 0.134. The van der Waals surface area contributed by atoms with E-state index >= 15 is 0 Å². The fraction of sp³-hybridized carbons (Fsp3) is 0.767. The highest BCUT2D eigenvalue weighted by Crippen LogP contribution is 2.30. The van der Waals surface area contributed by atoms with E-state index in [0.29, 0.717) is 13.0 Å². The lowest BCUT2D eigenvalue weighted by atomic mass is 9.89. The normalized spacial score (nSPS) is 19.7. The van der Waals surface area contributed by atoms with Crippen molar-refractivity contribution in [3.8, 4) is 0 Å². The standard InChI is InChI=1S/C43H77N5O8Si/c1-16-29(6)38(47(11)43(52)36(27(2)3)45-42(51)37(28(4)5)46(9)10)34(54-12)25-35(49)48-24-20-23-33(48)39(55-13)30(7)41(50)44-31(8)40(56-26-57(14,15)53)32-21-18-17-19-22-32/h17-19,21-22,27-31,33-34,36-40,53H,16,20,23-26H2,1-15H3,(H,44,50)(H,45,51)/t29-,30+,31+,33-,34+,36-,37-,38-,39-,40+/m0/s1. The van der Waals surface area contributed by atoms with Gasteiger partial charge in [0.1, 0.15) is 12.1 Å². The van der Waals surface area contributed by atoms with Crippen molar-refractivity contribution in [2.24, 2.45) is 23.7 Å². The molecule has 0 saturated carbocycles. The van der Waals surface area contributed by atoms with E-state index in [2.05, 4.69) is 17.6 Å². The van der Waals surface area contributed by atoms with Crippen LogP contribution in [-0.2, 0) is 33.4 Å². The molecule has 0 aliphatic carbocycles. The zero-order valence-corrected chi connectivity index (χ0v) is 38.7. The lowest BCUT2D eigenvalue weighted by Gasteiger charge is -2.41. The molecule has 326 valence electrons. The fourth-order valence-electron chi connectivity index (χ4n) is 8.31. The summed E-state index contributed by atoms with van der Waals surface area (Å²) in [6.07, 6.45) is 0.755. The number of hydrogen-bond acceptors (Lipinski definition) is 9. The van der Waals surface area contributed by atoms with E-state index in [-0.39, 0.29) is 60.1 Å². The second kappa shape index (κ2) is 23.0. The highest BCUT2D eigenvalue weighted by Gasteiger charge is 2.43. The molecule has 0 spiro atoms. The van der Waals surface area contributed by atoms with Crippen LogP contribution < -0.4 is 10.6 Å². The van der Waals surface area contributed by atoms with Gasteiger partial charge in [0.15, 0.2) is 0 Å². The Balaban J connectivity index is 2.29. The highest BCUT2D eigenvalue weighted by atomic mass is 28.4. The molecule has 0 bridgehead atoms. The number of nitrogens with zero attached hydrogens (tertiary/aromatic N) is 3. The summed E-state index contributed by atoms with van der Waals surface area (Å²) in [7, 11) is 6.08. The first-order valence-electron chi connectivity index (χ1n) is 20.9. The molecule has 1 saturated heterocycles. The summed E-state index contributed by atoms with van der Waals surface area (Å²) in [6, 6.07) is 7.30. The summed E-state index contributed by atoms with van der Waals surface area (Å²) < 4.78 is 18.3. The summed E-state index contributed by atoms with van der Waals surface area (Å²) in [5, 5.41) is 6.19. The number of rotatable bonds is 23. The maximum atomic E-state index is 14.3. The lowest BCUT2D eigenvalue weighted by molar-refractivity contribution is -0.148. The van der Waals surface area contributed by atoms with Gasteiger partial charge >= 0.3 is 0 Å². The van der Waals surface area contributed by atoms with Crippen molar-refractivity contribution >= 4 is 31.9 Å². The van der Waals surface area contributed by atoms with Gasteiger partial charge in [0.25, 0.3) is 0 Å². The average molecular weight is 820 g/mol. The van der Waals surface area contributed by atoms with Crippen molar-refractivity contribution in [1.82, 2.24) is 25.3 Å². The third-order valence-electron chi connectivity index (χ3n) is 11.5. The molecule has 3 N–H and O–H groups in total. The molecule has 1 fully saturated rings. The number of carbonyl (C=O) groups is 4. The van der Waals surface area contributed by atoms with Crippen LogP contribution in [0.25, 0.3) is 0 Å². The lowest BCUT2D eigenvalue weighted by Crippen LogP contribution is -2.59. The van der Waals surface area contributed by atoms with Crippen LogP contribution in [0.1, 0.15) is 92.7 Å². The number of hydrogen-bond donors (Lipinski definition) is 3. The Morgan fingerprint density at radius 3 is 2.02 bits per heavy atom. The highest BCUT2D eigenvalue weighted by molar-refractivity contribution is 6.69. The van der Waals surface area contributed by atoms with Crippen LogP contribution in [0.4, 0.5) is 0 Å². The van der Waals surface area contributed by atoms with Gasteiger partial charge in [0.2, 0.25) is 31.9 Å². The number of likely N-dealkylation sites (N-methyl/N-ethyl adjacent to an activating group) is 2. The second-order valence-electron chi connectivity index (χ2n) is 17.7. The van der Waals surface area contributed by atoms with E-state index in [0.717, 1.165) is 18.4 Å². The van der Waals surface area contributed by atoms with E-state index in [1.807, 2.05) is 116 Å². The number of carbonyl (C=O) groups excluding carboxylic acids is 4. The molecule has 13 nitrogen and oxygen atoms in total. The van der Waals surface area contributed by atoms with Crippen LogP contribution in [0.15, 0.2) is 30.3 Å². The summed E-state index contributed by atoms with van der Waals surface area (Å²) in [5.41, 5.74) is 0.899. The van der Waals surface area contributed by atoms with E-state index in [1.165, 1.54) is 0 Å². The number of likely N-dealkylation sites (tertiary alicyclic amines) is 1. The SMILES string of the molecule is CC[C@H](C)[C@@H]([C@@H](CC(=O)N1CCC[C@H]1[C@@H](OC)[C@@H](C)C(=O)N[C@H](C)[C@@H](OC[Si](C)(C)O)c1ccccc1)OC)N(C)C(=O)[C@@H](NC(=O)[C@H](C(C)C)N(C)C)C(C)C. The maximum absolute atomic E-state index is 14.3. The minimum atomic E-state index is -2.53. The number of amides is 4. The summed E-state index contributed by atoms with van der Waals surface area (Å²) in [6.45, 7) is 19.8. The Hall–Kier alpha value is -2.88. The van der Waals surface area contributed by atoms with E-state index in [9.17, 15) is 24.0 Å². The Morgan fingerprint density at radius 1 is 0.912 bits per heavy atom. The van der Waals surface area contributed by atoms with Crippen LogP contribution in [-0.4, -0.2) is 142 Å². The van der Waals surface area contributed by atoms with Gasteiger partial charge in [-0.05, 0) is 70.3 Å². The first kappa shape index (κ1) is 50.3. The zero-order chi connectivity index (χ0) is 43.4. The van der Waals surface area contributed by atoms with Gasteiger partial charge in [0.05, 0.1) is 54.9 Å². The van der Waals surface area contributed by atoms with Crippen molar-refractivity contribution < 1.29 is 38.2 Å². The van der Waals surface area contributed by atoms with Crippen LogP contribution >= 0.6 is 0 Å². The first-order valence-corrected chi connectivity index (χ1v) is 24.0. The first-order chi connectivity index (χ1) is 26.6. The molecule has 57 heavy (non-hydrogen) atoms. The second-order valence-corrected chi connectivity index (χ2v) is 21.6. The molecule has 1 heterocycles. The number of benzene rings is 1. The molecule has 10 atom stereocenters. The van der Waals surface area contributed by atoms with Crippen LogP contribution in [0.5, 0.6) is 0 Å². The third-order valence-corrected chi connectivity index (χ3v) is 12.4. The summed E-state index contributed by atoms with van der Waals surface area (Å²) in [4.78, 5) is 71.8. The molecule has 2 rings (SSSR count). The Kier molecular flexibility index (Phi) is 20.3. The summed E-state index contributed by atoms with van der Waals surface area (Å²) in [5.74, 6) is -1.53.